The second-order valence-corrected chi connectivity index (χ2v) is 3.12. The Morgan fingerprint density at radius 3 is 2.29 bits per heavy atom. The molecule has 3 unspecified atom stereocenters. The van der Waals surface area contributed by atoms with E-state index in [0.717, 1.165) is 0 Å². The zero-order chi connectivity index (χ0) is 11.3. The zero-order valence-corrected chi connectivity index (χ0v) is 8.77. The predicted molar refractivity (Wildman–Crippen MR) is 52.9 cm³/mol. The lowest BCUT2D eigenvalue weighted by Crippen LogP contribution is -2.36. The van der Waals surface area contributed by atoms with Crippen LogP contribution in [0.4, 0.5) is 0 Å². The summed E-state index contributed by atoms with van der Waals surface area (Å²) >= 11 is 0. The second kappa shape index (κ2) is 5.78. The molecule has 82 valence electrons. The molecular weight excluding hydrogens is 184 g/mol. The van der Waals surface area contributed by atoms with Crippen LogP contribution < -0.4 is 0 Å². The van der Waals surface area contributed by atoms with Crippen LogP contribution in [0.1, 0.15) is 27.2 Å². The van der Waals surface area contributed by atoms with Gasteiger partial charge in [0.05, 0.1) is 12.2 Å². The van der Waals surface area contributed by atoms with E-state index in [1.165, 1.54) is 6.08 Å². The number of rotatable bonds is 1. The molecule has 0 amide bonds. The number of hydrogen-bond acceptors (Lipinski definition) is 3. The SMILES string of the molecule is CC.CC1C=C(C(=O)O)CC(O)C1O. The van der Waals surface area contributed by atoms with Gasteiger partial charge >= 0.3 is 5.97 Å². The molecule has 0 aromatic rings. The van der Waals surface area contributed by atoms with Gasteiger partial charge < -0.3 is 15.3 Å². The van der Waals surface area contributed by atoms with Crippen molar-refractivity contribution in [2.24, 2.45) is 5.92 Å². The Hall–Kier alpha value is -0.870. The molecule has 4 nitrogen and oxygen atoms in total. The summed E-state index contributed by atoms with van der Waals surface area (Å²) in [5.41, 5.74) is 0.181. The number of hydrogen-bond donors (Lipinski definition) is 3. The van der Waals surface area contributed by atoms with Gasteiger partial charge in [-0.1, -0.05) is 26.8 Å². The van der Waals surface area contributed by atoms with Crippen LogP contribution in [0.5, 0.6) is 0 Å². The summed E-state index contributed by atoms with van der Waals surface area (Å²) < 4.78 is 0. The number of aliphatic hydroxyl groups is 2. The lowest BCUT2D eigenvalue weighted by molar-refractivity contribution is -0.133. The second-order valence-electron chi connectivity index (χ2n) is 3.12. The van der Waals surface area contributed by atoms with E-state index in [1.54, 1.807) is 6.92 Å². The smallest absolute Gasteiger partial charge is 0.331 e. The van der Waals surface area contributed by atoms with Gasteiger partial charge in [-0.3, -0.25) is 0 Å². The third-order valence-electron chi connectivity index (χ3n) is 2.10. The van der Waals surface area contributed by atoms with E-state index < -0.39 is 18.2 Å². The fraction of sp³-hybridized carbons (Fsp3) is 0.700. The third-order valence-corrected chi connectivity index (χ3v) is 2.10. The first-order valence-corrected chi connectivity index (χ1v) is 4.82. The molecular formula is C10H18O4. The highest BCUT2D eigenvalue weighted by Gasteiger charge is 2.29. The Balaban J connectivity index is 0.000000791. The normalized spacial score (nSPS) is 31.2. The highest BCUT2D eigenvalue weighted by molar-refractivity contribution is 5.86. The van der Waals surface area contributed by atoms with Gasteiger partial charge in [-0.2, -0.15) is 0 Å². The summed E-state index contributed by atoms with van der Waals surface area (Å²) in [7, 11) is 0. The highest BCUT2D eigenvalue weighted by Crippen LogP contribution is 2.23. The minimum absolute atomic E-state index is 0.0286. The van der Waals surface area contributed by atoms with Crippen LogP contribution in [0.15, 0.2) is 11.6 Å². The Bertz CT molecular complexity index is 222. The summed E-state index contributed by atoms with van der Waals surface area (Å²) in [6.07, 6.45) is -0.273. The summed E-state index contributed by atoms with van der Waals surface area (Å²) in [6, 6.07) is 0. The number of carboxylic acids is 1. The number of aliphatic hydroxyl groups excluding tert-OH is 2. The van der Waals surface area contributed by atoms with E-state index in [2.05, 4.69) is 0 Å². The van der Waals surface area contributed by atoms with E-state index in [9.17, 15) is 15.0 Å². The van der Waals surface area contributed by atoms with Crippen molar-refractivity contribution in [3.8, 4) is 0 Å². The maximum atomic E-state index is 10.5. The fourth-order valence-corrected chi connectivity index (χ4v) is 1.34. The van der Waals surface area contributed by atoms with Crippen molar-refractivity contribution in [2.75, 3.05) is 0 Å². The van der Waals surface area contributed by atoms with Crippen LogP contribution in [0.2, 0.25) is 0 Å². The van der Waals surface area contributed by atoms with Crippen molar-refractivity contribution >= 4 is 5.97 Å². The number of aliphatic carboxylic acids is 1. The Kier molecular flexibility index (Phi) is 5.42. The standard InChI is InChI=1S/C8H12O4.C2H6/c1-4-2-5(8(11)12)3-6(9)7(4)10;1-2/h2,4,6-7,9-10H,3H2,1H3,(H,11,12);1-2H3. The van der Waals surface area contributed by atoms with Crippen LogP contribution in [-0.2, 0) is 4.79 Å². The molecule has 0 bridgehead atoms. The van der Waals surface area contributed by atoms with Gasteiger partial charge in [-0.05, 0) is 0 Å². The Morgan fingerprint density at radius 1 is 1.43 bits per heavy atom. The van der Waals surface area contributed by atoms with Gasteiger partial charge in [-0.15, -0.1) is 0 Å². The van der Waals surface area contributed by atoms with Crippen LogP contribution in [0.3, 0.4) is 0 Å². The lowest BCUT2D eigenvalue weighted by atomic mass is 9.87. The van der Waals surface area contributed by atoms with E-state index in [0.29, 0.717) is 0 Å². The molecule has 0 spiro atoms. The van der Waals surface area contributed by atoms with Gasteiger partial charge in [0.1, 0.15) is 0 Å². The minimum Gasteiger partial charge on any atom is -0.478 e. The summed E-state index contributed by atoms with van der Waals surface area (Å²) in [6.45, 7) is 5.68. The van der Waals surface area contributed by atoms with E-state index in [-0.39, 0.29) is 17.9 Å². The predicted octanol–water partition coefficient (Wildman–Crippen LogP) is 0.785. The molecule has 4 heteroatoms. The Labute approximate surface area is 83.9 Å². The van der Waals surface area contributed by atoms with Crippen LogP contribution in [0.25, 0.3) is 0 Å². The highest BCUT2D eigenvalue weighted by atomic mass is 16.4. The van der Waals surface area contributed by atoms with Crippen molar-refractivity contribution in [1.29, 1.82) is 0 Å². The van der Waals surface area contributed by atoms with E-state index >= 15 is 0 Å². The quantitative estimate of drug-likeness (QED) is 0.587. The molecule has 14 heavy (non-hydrogen) atoms. The average Bonchev–Trinajstić information content (AvgIpc) is 2.16. The first-order valence-electron chi connectivity index (χ1n) is 4.82. The largest absolute Gasteiger partial charge is 0.478 e. The molecule has 0 aromatic heterocycles. The number of carboxylic acid groups (broad SMARTS) is 1. The van der Waals surface area contributed by atoms with Crippen LogP contribution >= 0.6 is 0 Å². The van der Waals surface area contributed by atoms with Crippen molar-refractivity contribution in [3.05, 3.63) is 11.6 Å². The molecule has 1 aliphatic rings. The molecule has 0 aliphatic heterocycles. The molecule has 1 rings (SSSR count). The van der Waals surface area contributed by atoms with Crippen LogP contribution in [-0.4, -0.2) is 33.5 Å². The lowest BCUT2D eigenvalue weighted by Gasteiger charge is -2.26. The topological polar surface area (TPSA) is 77.8 Å². The summed E-state index contributed by atoms with van der Waals surface area (Å²) in [5, 5.41) is 27.1. The number of carbonyl (C=O) groups is 1. The molecule has 3 atom stereocenters. The van der Waals surface area contributed by atoms with Crippen molar-refractivity contribution in [2.45, 2.75) is 39.4 Å². The molecule has 0 saturated heterocycles. The maximum Gasteiger partial charge on any atom is 0.331 e. The molecule has 0 fully saturated rings. The van der Waals surface area contributed by atoms with Gasteiger partial charge in [0.2, 0.25) is 0 Å². The molecule has 1 aliphatic carbocycles. The molecule has 0 radical (unpaired) electrons. The summed E-state index contributed by atoms with van der Waals surface area (Å²) in [5.74, 6) is -1.31. The fourth-order valence-electron chi connectivity index (χ4n) is 1.34. The first-order chi connectivity index (χ1) is 6.52. The molecule has 0 heterocycles. The van der Waals surface area contributed by atoms with Crippen LogP contribution in [0, 0.1) is 5.92 Å². The molecule has 0 aromatic carbocycles. The van der Waals surface area contributed by atoms with Gasteiger partial charge in [-0.25, -0.2) is 4.79 Å². The molecule has 3 N–H and O–H groups in total. The average molecular weight is 202 g/mol. The third kappa shape index (κ3) is 3.12. The molecule has 0 saturated carbocycles. The first kappa shape index (κ1) is 13.1. The van der Waals surface area contributed by atoms with E-state index in [1.807, 2.05) is 13.8 Å². The Morgan fingerprint density at radius 2 is 1.93 bits per heavy atom. The maximum absolute atomic E-state index is 10.5. The monoisotopic (exact) mass is 202 g/mol. The van der Waals surface area contributed by atoms with Crippen molar-refractivity contribution in [3.63, 3.8) is 0 Å². The van der Waals surface area contributed by atoms with E-state index in [4.69, 9.17) is 5.11 Å². The minimum atomic E-state index is -1.02. The van der Waals surface area contributed by atoms with Gasteiger partial charge in [0.25, 0.3) is 0 Å². The van der Waals surface area contributed by atoms with Crippen molar-refractivity contribution in [1.82, 2.24) is 0 Å². The van der Waals surface area contributed by atoms with Crippen molar-refractivity contribution < 1.29 is 20.1 Å². The van der Waals surface area contributed by atoms with Gasteiger partial charge in [0.15, 0.2) is 0 Å². The van der Waals surface area contributed by atoms with Gasteiger partial charge in [0, 0.05) is 17.9 Å². The summed E-state index contributed by atoms with van der Waals surface area (Å²) in [4.78, 5) is 10.5. The zero-order valence-electron chi connectivity index (χ0n) is 8.77.